The molecular formula is C26H33N7O. The van der Waals surface area contributed by atoms with E-state index in [1.54, 1.807) is 12.3 Å². The molecule has 34 heavy (non-hydrogen) atoms. The van der Waals surface area contributed by atoms with Crippen LogP contribution < -0.4 is 16.1 Å². The van der Waals surface area contributed by atoms with Crippen LogP contribution in [0.15, 0.2) is 54.9 Å². The van der Waals surface area contributed by atoms with Crippen molar-refractivity contribution in [2.75, 3.05) is 25.0 Å². The summed E-state index contributed by atoms with van der Waals surface area (Å²) in [5, 5.41) is 7.81. The summed E-state index contributed by atoms with van der Waals surface area (Å²) >= 11 is 0. The van der Waals surface area contributed by atoms with E-state index in [1.807, 2.05) is 12.1 Å². The lowest BCUT2D eigenvalue weighted by Gasteiger charge is -2.25. The summed E-state index contributed by atoms with van der Waals surface area (Å²) < 4.78 is 0. The van der Waals surface area contributed by atoms with E-state index in [0.717, 1.165) is 37.1 Å². The number of nitrogens with zero attached hydrogens (tertiary/aromatic N) is 4. The van der Waals surface area contributed by atoms with Crippen LogP contribution in [0.1, 0.15) is 51.3 Å². The number of carbonyl (C=O) groups excluding carboxylic acids is 1. The highest BCUT2D eigenvalue weighted by Gasteiger charge is 2.19. The second-order valence-corrected chi connectivity index (χ2v) is 9.21. The Morgan fingerprint density at radius 1 is 1.15 bits per heavy atom. The highest BCUT2D eigenvalue weighted by Crippen LogP contribution is 2.27. The van der Waals surface area contributed by atoms with E-state index < -0.39 is 0 Å². The lowest BCUT2D eigenvalue weighted by molar-refractivity contribution is 0.251. The maximum absolute atomic E-state index is 12.4. The van der Waals surface area contributed by atoms with Gasteiger partial charge in [0.15, 0.2) is 5.65 Å². The monoisotopic (exact) mass is 459 g/mol. The van der Waals surface area contributed by atoms with E-state index >= 15 is 0 Å². The van der Waals surface area contributed by atoms with Crippen LogP contribution in [0.4, 0.5) is 10.6 Å². The zero-order chi connectivity index (χ0) is 24.0. The van der Waals surface area contributed by atoms with Gasteiger partial charge in [-0.1, -0.05) is 51.1 Å². The Hall–Kier alpha value is -3.52. The average molecular weight is 460 g/mol. The maximum Gasteiger partial charge on any atom is 0.320 e. The fourth-order valence-electron chi connectivity index (χ4n) is 4.06. The summed E-state index contributed by atoms with van der Waals surface area (Å²) in [6.07, 6.45) is 6.75. The first kappa shape index (κ1) is 23.6. The number of amides is 2. The lowest BCUT2D eigenvalue weighted by Crippen LogP contribution is -2.31. The molecule has 0 spiro atoms. The summed E-state index contributed by atoms with van der Waals surface area (Å²) in [6.45, 7) is 8.85. The zero-order valence-corrected chi connectivity index (χ0v) is 20.1. The van der Waals surface area contributed by atoms with Gasteiger partial charge in [0.1, 0.15) is 11.3 Å². The number of hydrogen-bond donors (Lipinski definition) is 3. The van der Waals surface area contributed by atoms with Crippen LogP contribution in [0, 0.1) is 0 Å². The van der Waals surface area contributed by atoms with Gasteiger partial charge in [0.05, 0.1) is 11.9 Å². The number of nitrogens with one attached hydrogen (secondary N) is 3. The quantitative estimate of drug-likeness (QED) is 0.409. The number of urea groups is 1. The largest absolute Gasteiger partial charge is 0.338 e. The normalized spacial score (nSPS) is 13.7. The molecule has 1 aliphatic rings. The van der Waals surface area contributed by atoms with E-state index in [0.29, 0.717) is 30.1 Å². The molecule has 3 N–H and O–H groups in total. The average Bonchev–Trinajstić information content (AvgIpc) is 3.31. The first-order chi connectivity index (χ1) is 16.4. The minimum Gasteiger partial charge on any atom is -0.338 e. The second kappa shape index (κ2) is 10.6. The topological polar surface area (TPSA) is 95.1 Å². The van der Waals surface area contributed by atoms with Crippen molar-refractivity contribution in [1.29, 1.82) is 0 Å². The van der Waals surface area contributed by atoms with Crippen LogP contribution in [0.2, 0.25) is 0 Å². The zero-order valence-electron chi connectivity index (χ0n) is 20.1. The third kappa shape index (κ3) is 5.88. The van der Waals surface area contributed by atoms with Gasteiger partial charge in [-0.05, 0) is 42.4 Å². The number of fused-ring (bicyclic) bond motifs is 1. The Labute approximate surface area is 200 Å². The minimum atomic E-state index is -0.272. The molecule has 3 aromatic rings. The van der Waals surface area contributed by atoms with Crippen LogP contribution in [0.5, 0.6) is 0 Å². The predicted octanol–water partition coefficient (Wildman–Crippen LogP) is 4.48. The molecule has 2 aromatic heterocycles. The highest BCUT2D eigenvalue weighted by atomic mass is 16.2. The van der Waals surface area contributed by atoms with Crippen molar-refractivity contribution in [3.63, 3.8) is 0 Å². The van der Waals surface area contributed by atoms with Crippen LogP contribution in [0.25, 0.3) is 16.7 Å². The molecule has 1 aliphatic heterocycles. The molecule has 0 saturated heterocycles. The van der Waals surface area contributed by atoms with Crippen molar-refractivity contribution < 1.29 is 4.79 Å². The van der Waals surface area contributed by atoms with Gasteiger partial charge in [0.2, 0.25) is 0 Å². The molecule has 8 nitrogen and oxygen atoms in total. The number of carbonyl (C=O) groups is 1. The number of hydrazine groups is 1. The number of benzene rings is 1. The van der Waals surface area contributed by atoms with Gasteiger partial charge in [-0.15, -0.1) is 0 Å². The van der Waals surface area contributed by atoms with Gasteiger partial charge in [0, 0.05) is 31.4 Å². The Morgan fingerprint density at radius 2 is 1.97 bits per heavy atom. The number of aromatic nitrogens is 3. The van der Waals surface area contributed by atoms with E-state index in [9.17, 15) is 4.79 Å². The van der Waals surface area contributed by atoms with E-state index in [4.69, 9.17) is 0 Å². The fraction of sp³-hybridized carbons (Fsp3) is 0.385. The SMILES string of the molecule is CCCN1C=C(c2cnc3ccc(NC(=O)NCCCC(C)(C)c4ccccc4)nc3n2)CN1. The molecule has 0 atom stereocenters. The smallest absolute Gasteiger partial charge is 0.320 e. The van der Waals surface area contributed by atoms with E-state index in [2.05, 4.69) is 87.3 Å². The molecule has 1 aromatic carbocycles. The summed E-state index contributed by atoms with van der Waals surface area (Å²) in [6, 6.07) is 13.8. The molecule has 0 radical (unpaired) electrons. The lowest BCUT2D eigenvalue weighted by atomic mass is 9.80. The van der Waals surface area contributed by atoms with Crippen molar-refractivity contribution in [2.24, 2.45) is 0 Å². The molecule has 3 heterocycles. The predicted molar refractivity (Wildman–Crippen MR) is 136 cm³/mol. The van der Waals surface area contributed by atoms with Crippen LogP contribution in [-0.2, 0) is 5.41 Å². The number of rotatable bonds is 9. The molecule has 0 fully saturated rings. The molecule has 178 valence electrons. The maximum atomic E-state index is 12.4. The van der Waals surface area contributed by atoms with Crippen molar-refractivity contribution in [1.82, 2.24) is 30.7 Å². The third-order valence-electron chi connectivity index (χ3n) is 6.05. The molecule has 0 saturated carbocycles. The van der Waals surface area contributed by atoms with Gasteiger partial charge < -0.3 is 10.3 Å². The molecule has 0 aliphatic carbocycles. The summed E-state index contributed by atoms with van der Waals surface area (Å²) in [4.78, 5) is 26.1. The molecule has 4 rings (SSSR count). The van der Waals surface area contributed by atoms with Crippen LogP contribution in [0.3, 0.4) is 0 Å². The standard InChI is InChI=1S/C26H33N7O/c1-4-15-33-18-19(16-29-33)22-17-28-21-11-12-23(31-24(21)30-22)32-25(34)27-14-8-13-26(2,3)20-9-6-5-7-10-20/h5-7,9-12,17-18,29H,4,8,13-16H2,1-3H3,(H2,27,30,31,32,34). The molecule has 0 unspecified atom stereocenters. The summed E-state index contributed by atoms with van der Waals surface area (Å²) in [5.41, 5.74) is 7.75. The number of hydrogen-bond acceptors (Lipinski definition) is 6. The van der Waals surface area contributed by atoms with E-state index in [1.165, 1.54) is 5.56 Å². The molecular weight excluding hydrogens is 426 g/mol. The first-order valence-electron chi connectivity index (χ1n) is 11.9. The van der Waals surface area contributed by atoms with Crippen molar-refractivity contribution in [3.05, 3.63) is 66.1 Å². The summed E-state index contributed by atoms with van der Waals surface area (Å²) in [7, 11) is 0. The Morgan fingerprint density at radius 3 is 2.76 bits per heavy atom. The number of anilines is 1. The van der Waals surface area contributed by atoms with Crippen molar-refractivity contribution in [2.45, 2.75) is 45.4 Å². The Bertz CT molecular complexity index is 1160. The fourth-order valence-corrected chi connectivity index (χ4v) is 4.06. The number of pyridine rings is 1. The van der Waals surface area contributed by atoms with E-state index in [-0.39, 0.29) is 11.4 Å². The summed E-state index contributed by atoms with van der Waals surface area (Å²) in [5.74, 6) is 0.451. The van der Waals surface area contributed by atoms with Gasteiger partial charge in [0.25, 0.3) is 0 Å². The van der Waals surface area contributed by atoms with Gasteiger partial charge in [-0.25, -0.2) is 20.2 Å². The highest BCUT2D eigenvalue weighted by molar-refractivity contribution is 5.89. The van der Waals surface area contributed by atoms with Crippen LogP contribution in [-0.4, -0.2) is 45.6 Å². The first-order valence-corrected chi connectivity index (χ1v) is 11.9. The molecule has 8 heteroatoms. The minimum absolute atomic E-state index is 0.0630. The second-order valence-electron chi connectivity index (χ2n) is 9.21. The van der Waals surface area contributed by atoms with Gasteiger partial charge >= 0.3 is 6.03 Å². The Kier molecular flexibility index (Phi) is 7.37. The molecule has 2 amide bonds. The van der Waals surface area contributed by atoms with Crippen LogP contribution >= 0.6 is 0 Å². The molecule has 0 bridgehead atoms. The Balaban J connectivity index is 1.32. The van der Waals surface area contributed by atoms with Crippen molar-refractivity contribution in [3.8, 4) is 0 Å². The van der Waals surface area contributed by atoms with Gasteiger partial charge in [-0.2, -0.15) is 0 Å². The third-order valence-corrected chi connectivity index (χ3v) is 6.05. The van der Waals surface area contributed by atoms with Gasteiger partial charge in [-0.3, -0.25) is 10.3 Å². The van der Waals surface area contributed by atoms with Crippen molar-refractivity contribution >= 4 is 28.6 Å².